The topological polar surface area (TPSA) is 99.3 Å². The third-order valence-corrected chi connectivity index (χ3v) is 7.47. The molecule has 0 aromatic heterocycles. The van der Waals surface area contributed by atoms with Crippen LogP contribution in [0.2, 0.25) is 0 Å². The minimum Gasteiger partial charge on any atom is -0.449 e. The van der Waals surface area contributed by atoms with E-state index in [1.807, 2.05) is 18.7 Å². The Morgan fingerprint density at radius 2 is 1.78 bits per heavy atom. The monoisotopic (exact) mass is 466 g/mol. The molecule has 0 radical (unpaired) electrons. The number of hydrogen-bond donors (Lipinski definition) is 1. The van der Waals surface area contributed by atoms with Crippen molar-refractivity contribution in [2.24, 2.45) is 5.92 Å². The standard InChI is InChI=1S/C22H34N4O5S/c1-18(2)17-31-22(28)25-10-6-9-24(13-14-25)16-21(27)23-19-7-5-8-20(15-19)32(29,30)26-11-3-4-12-26/h5,7-8,15,18H,3-4,6,9-14,16-17H2,1-2H3,(H,23,27). The lowest BCUT2D eigenvalue weighted by molar-refractivity contribution is -0.117. The first-order valence-electron chi connectivity index (χ1n) is 11.3. The van der Waals surface area contributed by atoms with Crippen molar-refractivity contribution in [3.63, 3.8) is 0 Å². The Hall–Kier alpha value is -2.17. The van der Waals surface area contributed by atoms with Gasteiger partial charge in [0.1, 0.15) is 0 Å². The van der Waals surface area contributed by atoms with Crippen molar-refractivity contribution in [3.8, 4) is 0 Å². The maximum absolute atomic E-state index is 12.8. The number of carbonyl (C=O) groups excluding carboxylic acids is 2. The molecular formula is C22H34N4O5S. The second-order valence-corrected chi connectivity index (χ2v) is 10.7. The van der Waals surface area contributed by atoms with Crippen molar-refractivity contribution in [1.29, 1.82) is 0 Å². The zero-order chi connectivity index (χ0) is 23.1. The number of benzene rings is 1. The van der Waals surface area contributed by atoms with Crippen LogP contribution in [-0.4, -0.2) is 86.9 Å². The van der Waals surface area contributed by atoms with Gasteiger partial charge in [-0.1, -0.05) is 19.9 Å². The molecule has 1 N–H and O–H groups in total. The summed E-state index contributed by atoms with van der Waals surface area (Å²) in [7, 11) is -3.53. The molecule has 2 heterocycles. The van der Waals surface area contributed by atoms with Crippen LogP contribution in [0.15, 0.2) is 29.2 Å². The van der Waals surface area contributed by atoms with Gasteiger partial charge in [0.05, 0.1) is 18.0 Å². The van der Waals surface area contributed by atoms with E-state index in [2.05, 4.69) is 5.32 Å². The third kappa shape index (κ3) is 6.66. The zero-order valence-corrected chi connectivity index (χ0v) is 19.8. The summed E-state index contributed by atoms with van der Waals surface area (Å²) in [6.07, 6.45) is 2.20. The highest BCUT2D eigenvalue weighted by Crippen LogP contribution is 2.23. The second-order valence-electron chi connectivity index (χ2n) is 8.77. The molecule has 2 aliphatic rings. The molecule has 9 nitrogen and oxygen atoms in total. The molecule has 0 atom stereocenters. The molecule has 1 aromatic carbocycles. The molecule has 10 heteroatoms. The van der Waals surface area contributed by atoms with Crippen LogP contribution in [0.25, 0.3) is 0 Å². The number of hydrogen-bond acceptors (Lipinski definition) is 6. The first kappa shape index (κ1) is 24.5. The number of anilines is 1. The van der Waals surface area contributed by atoms with Crippen molar-refractivity contribution in [2.75, 3.05) is 57.7 Å². The fourth-order valence-electron chi connectivity index (χ4n) is 3.86. The average molecular weight is 467 g/mol. The lowest BCUT2D eigenvalue weighted by Gasteiger charge is -2.22. The minimum absolute atomic E-state index is 0.179. The summed E-state index contributed by atoms with van der Waals surface area (Å²) in [5.74, 6) is 0.0755. The number of rotatable bonds is 7. The van der Waals surface area contributed by atoms with E-state index in [0.717, 1.165) is 19.3 Å². The molecule has 0 bridgehead atoms. The normalized spacial score (nSPS) is 18.5. The Balaban J connectivity index is 1.52. The van der Waals surface area contributed by atoms with Gasteiger partial charge in [0.25, 0.3) is 0 Å². The van der Waals surface area contributed by atoms with Crippen LogP contribution in [0, 0.1) is 5.92 Å². The Morgan fingerprint density at radius 3 is 2.50 bits per heavy atom. The first-order valence-corrected chi connectivity index (χ1v) is 12.7. The number of amides is 2. The lowest BCUT2D eigenvalue weighted by atomic mass is 10.2. The molecular weight excluding hydrogens is 432 g/mol. The fourth-order valence-corrected chi connectivity index (χ4v) is 5.42. The summed E-state index contributed by atoms with van der Waals surface area (Å²) in [6, 6.07) is 6.41. The molecule has 2 aliphatic heterocycles. The number of carbonyl (C=O) groups is 2. The molecule has 32 heavy (non-hydrogen) atoms. The van der Waals surface area contributed by atoms with Crippen LogP contribution in [0.1, 0.15) is 33.1 Å². The van der Waals surface area contributed by atoms with Gasteiger partial charge in [-0.3, -0.25) is 9.69 Å². The van der Waals surface area contributed by atoms with E-state index in [4.69, 9.17) is 4.74 Å². The van der Waals surface area contributed by atoms with Crippen LogP contribution in [-0.2, 0) is 19.6 Å². The first-order chi connectivity index (χ1) is 15.3. The van der Waals surface area contributed by atoms with E-state index in [9.17, 15) is 18.0 Å². The highest BCUT2D eigenvalue weighted by Gasteiger charge is 2.27. The number of ether oxygens (including phenoxy) is 1. The summed E-state index contributed by atoms with van der Waals surface area (Å²) in [6.45, 7) is 8.02. The highest BCUT2D eigenvalue weighted by molar-refractivity contribution is 7.89. The van der Waals surface area contributed by atoms with Gasteiger partial charge >= 0.3 is 6.09 Å². The lowest BCUT2D eigenvalue weighted by Crippen LogP contribution is -2.38. The van der Waals surface area contributed by atoms with Gasteiger partial charge in [-0.25, -0.2) is 13.2 Å². The summed E-state index contributed by atoms with van der Waals surface area (Å²) >= 11 is 0. The number of nitrogens with one attached hydrogen (secondary N) is 1. The van der Waals surface area contributed by atoms with Crippen molar-refractivity contribution in [1.82, 2.24) is 14.1 Å². The average Bonchev–Trinajstić information content (AvgIpc) is 3.21. The van der Waals surface area contributed by atoms with E-state index >= 15 is 0 Å². The van der Waals surface area contributed by atoms with Crippen LogP contribution < -0.4 is 5.32 Å². The Morgan fingerprint density at radius 1 is 1.03 bits per heavy atom. The van der Waals surface area contributed by atoms with Crippen molar-refractivity contribution < 1.29 is 22.7 Å². The molecule has 1 aromatic rings. The maximum atomic E-state index is 12.8. The zero-order valence-electron chi connectivity index (χ0n) is 19.0. The van der Waals surface area contributed by atoms with Gasteiger partial charge in [-0.05, 0) is 43.4 Å². The van der Waals surface area contributed by atoms with Crippen molar-refractivity contribution >= 4 is 27.7 Å². The number of sulfonamides is 1. The molecule has 2 amide bonds. The van der Waals surface area contributed by atoms with Gasteiger partial charge in [-0.15, -0.1) is 0 Å². The van der Waals surface area contributed by atoms with E-state index in [1.54, 1.807) is 23.1 Å². The van der Waals surface area contributed by atoms with Gasteiger partial charge in [0, 0.05) is 45.0 Å². The predicted molar refractivity (Wildman–Crippen MR) is 122 cm³/mol. The van der Waals surface area contributed by atoms with E-state index < -0.39 is 10.0 Å². The van der Waals surface area contributed by atoms with Gasteiger partial charge in [-0.2, -0.15) is 4.31 Å². The highest BCUT2D eigenvalue weighted by atomic mass is 32.2. The van der Waals surface area contributed by atoms with E-state index in [0.29, 0.717) is 51.6 Å². The largest absolute Gasteiger partial charge is 0.449 e. The van der Waals surface area contributed by atoms with Crippen molar-refractivity contribution in [2.45, 2.75) is 38.0 Å². The second kappa shape index (κ2) is 11.1. The molecule has 3 rings (SSSR count). The Labute approximate surface area is 190 Å². The van der Waals surface area contributed by atoms with Gasteiger partial charge < -0.3 is 15.0 Å². The Kier molecular flexibility index (Phi) is 8.50. The molecule has 2 fully saturated rings. The fraction of sp³-hybridized carbons (Fsp3) is 0.636. The van der Waals surface area contributed by atoms with Crippen LogP contribution in [0.5, 0.6) is 0 Å². The van der Waals surface area contributed by atoms with Crippen LogP contribution >= 0.6 is 0 Å². The van der Waals surface area contributed by atoms with Crippen molar-refractivity contribution in [3.05, 3.63) is 24.3 Å². The van der Waals surface area contributed by atoms with Gasteiger partial charge in [0.15, 0.2) is 0 Å². The summed E-state index contributed by atoms with van der Waals surface area (Å²) in [4.78, 5) is 28.7. The van der Waals surface area contributed by atoms with Gasteiger partial charge in [0.2, 0.25) is 15.9 Å². The van der Waals surface area contributed by atoms with Crippen LogP contribution in [0.4, 0.5) is 10.5 Å². The molecule has 0 saturated carbocycles. The van der Waals surface area contributed by atoms with E-state index in [1.165, 1.54) is 10.4 Å². The molecule has 2 saturated heterocycles. The SMILES string of the molecule is CC(C)COC(=O)N1CCCN(CC(=O)Nc2cccc(S(=O)(=O)N3CCCC3)c2)CC1. The van der Waals surface area contributed by atoms with Crippen LogP contribution in [0.3, 0.4) is 0 Å². The van der Waals surface area contributed by atoms with E-state index in [-0.39, 0.29) is 29.4 Å². The third-order valence-electron chi connectivity index (χ3n) is 5.57. The maximum Gasteiger partial charge on any atom is 0.409 e. The quantitative estimate of drug-likeness (QED) is 0.662. The Bertz CT molecular complexity index is 899. The molecule has 0 spiro atoms. The summed E-state index contributed by atoms with van der Waals surface area (Å²) in [5, 5.41) is 2.81. The molecule has 0 unspecified atom stereocenters. The molecule has 0 aliphatic carbocycles. The predicted octanol–water partition coefficient (Wildman–Crippen LogP) is 2.21. The number of nitrogens with zero attached hydrogens (tertiary/aromatic N) is 3. The smallest absolute Gasteiger partial charge is 0.409 e. The summed E-state index contributed by atoms with van der Waals surface area (Å²) < 4.78 is 32.3. The molecule has 178 valence electrons. The summed E-state index contributed by atoms with van der Waals surface area (Å²) in [5.41, 5.74) is 0.462. The minimum atomic E-state index is -3.53.